The Balaban J connectivity index is 1.39. The van der Waals surface area contributed by atoms with E-state index in [-0.39, 0.29) is 5.91 Å². The van der Waals surface area contributed by atoms with Crippen molar-refractivity contribution in [2.24, 2.45) is 0 Å². The Labute approximate surface area is 195 Å². The lowest BCUT2D eigenvalue weighted by Gasteiger charge is -2.10. The predicted molar refractivity (Wildman–Crippen MR) is 129 cm³/mol. The second-order valence-corrected chi connectivity index (χ2v) is 8.84. The summed E-state index contributed by atoms with van der Waals surface area (Å²) in [7, 11) is 0. The molecular weight excluding hydrogens is 474 g/mol. The Bertz CT molecular complexity index is 1190. The van der Waals surface area contributed by atoms with Gasteiger partial charge in [-0.3, -0.25) is 4.79 Å². The number of rotatable bonds is 8. The van der Waals surface area contributed by atoms with Crippen molar-refractivity contribution in [1.29, 1.82) is 0 Å². The minimum atomic E-state index is 0.0185. The van der Waals surface area contributed by atoms with Crippen LogP contribution in [0.3, 0.4) is 0 Å². The highest BCUT2D eigenvalue weighted by atomic mass is 79.9. The molecule has 0 bridgehead atoms. The van der Waals surface area contributed by atoms with Crippen LogP contribution in [0.2, 0.25) is 5.02 Å². The molecule has 0 aliphatic rings. The molecule has 0 unspecified atom stereocenters. The summed E-state index contributed by atoms with van der Waals surface area (Å²) in [6.07, 6.45) is 1.98. The maximum Gasteiger partial charge on any atom is 0.224 e. The first kappa shape index (κ1) is 21.6. The zero-order valence-electron chi connectivity index (χ0n) is 17.0. The van der Waals surface area contributed by atoms with Gasteiger partial charge < -0.3 is 9.88 Å². The van der Waals surface area contributed by atoms with E-state index >= 15 is 0 Å². The first-order chi connectivity index (χ1) is 15.1. The van der Waals surface area contributed by atoms with E-state index < -0.39 is 0 Å². The third kappa shape index (κ3) is 5.75. The molecule has 0 atom stereocenters. The standard InChI is InChI=1S/C25H23BrClN3O/c26-20-6-3-5-19(15-20)17-30-23-8-2-1-7-22(23)29-24(30)9-4-14-28-25(31)16-18-10-12-21(27)13-11-18/h1-3,5-8,10-13,15H,4,9,14,16-17H2,(H,28,31). The van der Waals surface area contributed by atoms with E-state index in [1.807, 2.05) is 36.4 Å². The molecule has 0 spiro atoms. The van der Waals surface area contributed by atoms with Crippen molar-refractivity contribution in [3.8, 4) is 0 Å². The van der Waals surface area contributed by atoms with Gasteiger partial charge in [0.15, 0.2) is 0 Å². The molecule has 4 nitrogen and oxygen atoms in total. The molecule has 4 aromatic rings. The fourth-order valence-electron chi connectivity index (χ4n) is 3.64. The van der Waals surface area contributed by atoms with Crippen LogP contribution >= 0.6 is 27.5 Å². The minimum absolute atomic E-state index is 0.0185. The van der Waals surface area contributed by atoms with Gasteiger partial charge in [0.1, 0.15) is 5.82 Å². The van der Waals surface area contributed by atoms with Gasteiger partial charge in [0, 0.05) is 29.0 Å². The van der Waals surface area contributed by atoms with Crippen molar-refractivity contribution < 1.29 is 4.79 Å². The van der Waals surface area contributed by atoms with Gasteiger partial charge in [-0.15, -0.1) is 0 Å². The van der Waals surface area contributed by atoms with Crippen molar-refractivity contribution >= 4 is 44.5 Å². The third-order valence-electron chi connectivity index (χ3n) is 5.14. The number of aryl methyl sites for hydroxylation is 1. The number of imidazole rings is 1. The van der Waals surface area contributed by atoms with E-state index in [0.717, 1.165) is 46.3 Å². The lowest BCUT2D eigenvalue weighted by molar-refractivity contribution is -0.120. The van der Waals surface area contributed by atoms with Crippen LogP contribution in [0, 0.1) is 0 Å². The normalized spacial score (nSPS) is 11.0. The van der Waals surface area contributed by atoms with E-state index in [4.69, 9.17) is 16.6 Å². The number of carbonyl (C=O) groups is 1. The summed E-state index contributed by atoms with van der Waals surface area (Å²) in [5.41, 5.74) is 4.30. The number of nitrogens with one attached hydrogen (secondary N) is 1. The number of nitrogens with zero attached hydrogens (tertiary/aromatic N) is 2. The molecule has 0 aliphatic heterocycles. The molecule has 1 amide bonds. The van der Waals surface area contributed by atoms with Crippen LogP contribution in [0.5, 0.6) is 0 Å². The lowest BCUT2D eigenvalue weighted by atomic mass is 10.1. The molecule has 0 saturated carbocycles. The first-order valence-corrected chi connectivity index (χ1v) is 11.5. The molecule has 0 radical (unpaired) electrons. The lowest BCUT2D eigenvalue weighted by Crippen LogP contribution is -2.26. The van der Waals surface area contributed by atoms with E-state index in [9.17, 15) is 4.79 Å². The fraction of sp³-hybridized carbons (Fsp3) is 0.200. The molecule has 3 aromatic carbocycles. The summed E-state index contributed by atoms with van der Waals surface area (Å²) in [5.74, 6) is 1.05. The maximum atomic E-state index is 12.2. The van der Waals surface area contributed by atoms with Gasteiger partial charge in [-0.25, -0.2) is 4.98 Å². The molecule has 31 heavy (non-hydrogen) atoms. The van der Waals surface area contributed by atoms with Crippen molar-refractivity contribution in [3.05, 3.63) is 99.2 Å². The van der Waals surface area contributed by atoms with Crippen molar-refractivity contribution in [1.82, 2.24) is 14.9 Å². The number of hydrogen-bond acceptors (Lipinski definition) is 2. The Morgan fingerprint density at radius 3 is 2.61 bits per heavy atom. The number of aromatic nitrogens is 2. The smallest absolute Gasteiger partial charge is 0.224 e. The highest BCUT2D eigenvalue weighted by molar-refractivity contribution is 9.10. The highest BCUT2D eigenvalue weighted by Gasteiger charge is 2.11. The molecular formula is C25H23BrClN3O. The van der Waals surface area contributed by atoms with Crippen LogP contribution < -0.4 is 5.32 Å². The zero-order chi connectivity index (χ0) is 21.6. The second kappa shape index (κ2) is 10.1. The molecule has 4 rings (SSSR count). The number of benzene rings is 3. The maximum absolute atomic E-state index is 12.2. The van der Waals surface area contributed by atoms with Gasteiger partial charge >= 0.3 is 0 Å². The van der Waals surface area contributed by atoms with Crippen molar-refractivity contribution in [2.45, 2.75) is 25.8 Å². The minimum Gasteiger partial charge on any atom is -0.356 e. The summed E-state index contributed by atoms with van der Waals surface area (Å²) in [4.78, 5) is 17.1. The number of carbonyl (C=O) groups excluding carboxylic acids is 1. The molecule has 1 heterocycles. The number of halogens is 2. The van der Waals surface area contributed by atoms with E-state index in [0.29, 0.717) is 18.0 Å². The van der Waals surface area contributed by atoms with Gasteiger partial charge in [-0.2, -0.15) is 0 Å². The quantitative estimate of drug-likeness (QED) is 0.314. The molecule has 1 aromatic heterocycles. The van der Waals surface area contributed by atoms with E-state index in [1.165, 1.54) is 5.56 Å². The molecule has 6 heteroatoms. The highest BCUT2D eigenvalue weighted by Crippen LogP contribution is 2.20. The molecule has 0 aliphatic carbocycles. The molecule has 0 fully saturated rings. The Kier molecular flexibility index (Phi) is 7.05. The van der Waals surface area contributed by atoms with Crippen LogP contribution in [0.15, 0.2) is 77.3 Å². The van der Waals surface area contributed by atoms with Gasteiger partial charge in [0.05, 0.1) is 17.5 Å². The average Bonchev–Trinajstić information content (AvgIpc) is 3.10. The van der Waals surface area contributed by atoms with Crippen LogP contribution in [0.1, 0.15) is 23.4 Å². The van der Waals surface area contributed by atoms with Gasteiger partial charge in [-0.05, 0) is 53.9 Å². The van der Waals surface area contributed by atoms with Crippen molar-refractivity contribution in [3.63, 3.8) is 0 Å². The van der Waals surface area contributed by atoms with Gasteiger partial charge in [0.25, 0.3) is 0 Å². The van der Waals surface area contributed by atoms with Gasteiger partial charge in [0.2, 0.25) is 5.91 Å². The van der Waals surface area contributed by atoms with E-state index in [1.54, 1.807) is 12.1 Å². The molecule has 158 valence electrons. The second-order valence-electron chi connectivity index (χ2n) is 7.49. The molecule has 0 saturated heterocycles. The van der Waals surface area contributed by atoms with Crippen LogP contribution in [-0.2, 0) is 24.2 Å². The Morgan fingerprint density at radius 1 is 1.00 bits per heavy atom. The van der Waals surface area contributed by atoms with Crippen LogP contribution in [-0.4, -0.2) is 22.0 Å². The predicted octanol–water partition coefficient (Wildman–Crippen LogP) is 5.79. The summed E-state index contributed by atoms with van der Waals surface area (Å²) >= 11 is 9.45. The molecule has 1 N–H and O–H groups in total. The number of hydrogen-bond donors (Lipinski definition) is 1. The van der Waals surface area contributed by atoms with E-state index in [2.05, 4.69) is 50.1 Å². The summed E-state index contributed by atoms with van der Waals surface area (Å²) in [5, 5.41) is 3.69. The Hall–Kier alpha value is -2.63. The van der Waals surface area contributed by atoms with Crippen molar-refractivity contribution in [2.75, 3.05) is 6.54 Å². The monoisotopic (exact) mass is 495 g/mol. The first-order valence-electron chi connectivity index (χ1n) is 10.3. The third-order valence-corrected chi connectivity index (χ3v) is 5.89. The van der Waals surface area contributed by atoms with Crippen LogP contribution in [0.25, 0.3) is 11.0 Å². The van der Waals surface area contributed by atoms with Crippen LogP contribution in [0.4, 0.5) is 0 Å². The summed E-state index contributed by atoms with van der Waals surface area (Å²) in [6, 6.07) is 23.9. The average molecular weight is 497 g/mol. The number of para-hydroxylation sites is 2. The number of amides is 1. The summed E-state index contributed by atoms with van der Waals surface area (Å²) < 4.78 is 3.34. The SMILES string of the molecule is O=C(Cc1ccc(Cl)cc1)NCCCc1nc2ccccc2n1Cc1cccc(Br)c1. The summed E-state index contributed by atoms with van der Waals surface area (Å²) in [6.45, 7) is 1.38. The largest absolute Gasteiger partial charge is 0.356 e. The Morgan fingerprint density at radius 2 is 1.81 bits per heavy atom. The zero-order valence-corrected chi connectivity index (χ0v) is 19.4. The number of fused-ring (bicyclic) bond motifs is 1. The topological polar surface area (TPSA) is 46.9 Å². The van der Waals surface area contributed by atoms with Gasteiger partial charge in [-0.1, -0.05) is 63.9 Å². The fourth-order valence-corrected chi connectivity index (χ4v) is 4.21.